The summed E-state index contributed by atoms with van der Waals surface area (Å²) in [5.74, 6) is -0.285. The molecular weight excluding hydrogens is 366 g/mol. The number of carbonyl (C=O) groups is 2. The number of carbonyl (C=O) groups excluding carboxylic acids is 2. The van der Waals surface area contributed by atoms with Crippen molar-refractivity contribution in [2.45, 2.75) is 44.6 Å². The Hall–Kier alpha value is -2.11. The summed E-state index contributed by atoms with van der Waals surface area (Å²) >= 11 is 5.96. The Balaban J connectivity index is 1.52. The molecule has 1 saturated heterocycles. The molecule has 2 aromatic rings. The summed E-state index contributed by atoms with van der Waals surface area (Å²) in [6.07, 6.45) is 3.00. The highest BCUT2D eigenvalue weighted by Gasteiger charge is 2.32. The van der Waals surface area contributed by atoms with E-state index in [2.05, 4.69) is 4.98 Å². The first-order chi connectivity index (χ1) is 13.0. The highest BCUT2D eigenvalue weighted by molar-refractivity contribution is 6.30. The molecule has 27 heavy (non-hydrogen) atoms. The Morgan fingerprint density at radius 3 is 2.78 bits per heavy atom. The maximum atomic E-state index is 12.7. The quantitative estimate of drug-likeness (QED) is 0.797. The van der Waals surface area contributed by atoms with Crippen LogP contribution in [0.5, 0.6) is 0 Å². The minimum Gasteiger partial charge on any atom is -0.458 e. The van der Waals surface area contributed by atoms with Crippen LogP contribution in [0.2, 0.25) is 5.02 Å². The number of aromatic amines is 1. The second-order valence-corrected chi connectivity index (χ2v) is 7.73. The molecule has 0 amide bonds. The second kappa shape index (κ2) is 7.49. The molecule has 2 heterocycles. The molecule has 0 unspecified atom stereocenters. The van der Waals surface area contributed by atoms with Crippen molar-refractivity contribution >= 4 is 23.4 Å². The average molecular weight is 388 g/mol. The van der Waals surface area contributed by atoms with Gasteiger partial charge in [-0.15, -0.1) is 0 Å². The van der Waals surface area contributed by atoms with E-state index in [-0.39, 0.29) is 24.4 Å². The maximum Gasteiger partial charge on any atom is 0.355 e. The molecule has 142 valence electrons. The fraction of sp³-hybridized carbons (Fsp3) is 0.429. The molecule has 1 aromatic heterocycles. The van der Waals surface area contributed by atoms with Crippen LogP contribution in [0.1, 0.15) is 62.8 Å². The van der Waals surface area contributed by atoms with Gasteiger partial charge in [-0.25, -0.2) is 4.79 Å². The fourth-order valence-corrected chi connectivity index (χ4v) is 4.15. The highest BCUT2D eigenvalue weighted by atomic mass is 35.5. The third kappa shape index (κ3) is 3.66. The fourth-order valence-electron chi connectivity index (χ4n) is 4.02. The molecule has 0 bridgehead atoms. The maximum absolute atomic E-state index is 12.7. The molecule has 0 saturated carbocycles. The predicted molar refractivity (Wildman–Crippen MR) is 102 cm³/mol. The summed E-state index contributed by atoms with van der Waals surface area (Å²) in [7, 11) is 0. The normalized spacial score (nSPS) is 21.9. The molecule has 0 radical (unpaired) electrons. The van der Waals surface area contributed by atoms with Crippen molar-refractivity contribution in [2.75, 3.05) is 13.2 Å². The number of Topliss-reactive ketones (excluding diaryl/α,β-unsaturated/α-hetero) is 1. The minimum atomic E-state index is -0.423. The van der Waals surface area contributed by atoms with Gasteiger partial charge in [-0.2, -0.15) is 0 Å². The zero-order valence-electron chi connectivity index (χ0n) is 15.2. The molecule has 0 spiro atoms. The topological polar surface area (TPSA) is 68.4 Å². The zero-order valence-corrected chi connectivity index (χ0v) is 16.0. The number of benzene rings is 1. The van der Waals surface area contributed by atoms with Gasteiger partial charge in [-0.1, -0.05) is 23.7 Å². The second-order valence-electron chi connectivity index (χ2n) is 7.29. The van der Waals surface area contributed by atoms with Crippen LogP contribution in [0.25, 0.3) is 0 Å². The number of halogens is 1. The lowest BCUT2D eigenvalue weighted by molar-refractivity contribution is 0.0156. The van der Waals surface area contributed by atoms with Gasteiger partial charge < -0.3 is 14.5 Å². The smallest absolute Gasteiger partial charge is 0.355 e. The first-order valence-corrected chi connectivity index (χ1v) is 9.69. The van der Waals surface area contributed by atoms with Gasteiger partial charge in [-0.05, 0) is 55.4 Å². The van der Waals surface area contributed by atoms with E-state index in [0.29, 0.717) is 34.7 Å². The Kier molecular flexibility index (Phi) is 5.06. The first-order valence-electron chi connectivity index (χ1n) is 9.31. The number of rotatable bonds is 4. The van der Waals surface area contributed by atoms with Crippen molar-refractivity contribution in [3.8, 4) is 0 Å². The highest BCUT2D eigenvalue weighted by Crippen LogP contribution is 2.35. The van der Waals surface area contributed by atoms with Crippen LogP contribution in [0.4, 0.5) is 0 Å². The number of aromatic nitrogens is 1. The van der Waals surface area contributed by atoms with Gasteiger partial charge in [0.05, 0.1) is 6.10 Å². The molecule has 2 atom stereocenters. The number of hydrogen-bond donors (Lipinski definition) is 1. The summed E-state index contributed by atoms with van der Waals surface area (Å²) in [4.78, 5) is 28.4. The van der Waals surface area contributed by atoms with Gasteiger partial charge in [-0.3, -0.25) is 4.79 Å². The van der Waals surface area contributed by atoms with Gasteiger partial charge in [0.2, 0.25) is 0 Å². The van der Waals surface area contributed by atoms with Crippen LogP contribution in [0.3, 0.4) is 0 Å². The van der Waals surface area contributed by atoms with Gasteiger partial charge >= 0.3 is 5.97 Å². The number of esters is 1. The average Bonchev–Trinajstić information content (AvgIpc) is 3.28. The van der Waals surface area contributed by atoms with Crippen LogP contribution < -0.4 is 0 Å². The van der Waals surface area contributed by atoms with Crippen molar-refractivity contribution in [3.63, 3.8) is 0 Å². The van der Waals surface area contributed by atoms with Crippen molar-refractivity contribution in [3.05, 3.63) is 57.4 Å². The third-order valence-corrected chi connectivity index (χ3v) is 5.71. The molecule has 5 nitrogen and oxygen atoms in total. The molecule has 1 aliphatic heterocycles. The molecule has 1 aromatic carbocycles. The monoisotopic (exact) mass is 387 g/mol. The van der Waals surface area contributed by atoms with Gasteiger partial charge in [0.25, 0.3) is 0 Å². The number of H-pyrrole nitrogens is 1. The summed E-state index contributed by atoms with van der Waals surface area (Å²) in [5, 5.41) is 0.675. The Morgan fingerprint density at radius 1 is 1.30 bits per heavy atom. The Morgan fingerprint density at radius 2 is 2.07 bits per heavy atom. The number of fused-ring (bicyclic) bond motifs is 1. The van der Waals surface area contributed by atoms with E-state index in [9.17, 15) is 9.59 Å². The van der Waals surface area contributed by atoms with Crippen LogP contribution in [-0.4, -0.2) is 36.1 Å². The molecule has 4 rings (SSSR count). The van der Waals surface area contributed by atoms with Crippen molar-refractivity contribution < 1.29 is 19.1 Å². The van der Waals surface area contributed by atoms with Crippen LogP contribution in [-0.2, 0) is 15.9 Å². The lowest BCUT2D eigenvalue weighted by Gasteiger charge is -2.22. The molecule has 1 N–H and O–H groups in total. The molecule has 6 heteroatoms. The van der Waals surface area contributed by atoms with E-state index in [1.165, 1.54) is 0 Å². The van der Waals surface area contributed by atoms with Gasteiger partial charge in [0, 0.05) is 29.3 Å². The van der Waals surface area contributed by atoms with Crippen LogP contribution in [0, 0.1) is 6.92 Å². The van der Waals surface area contributed by atoms with E-state index in [1.807, 2.05) is 24.3 Å². The summed E-state index contributed by atoms with van der Waals surface area (Å²) < 4.78 is 10.9. The van der Waals surface area contributed by atoms with Crippen molar-refractivity contribution in [2.24, 2.45) is 0 Å². The standard InChI is InChI=1S/C21H22ClNO4/c1-12-19-17(23-20(12)21(25)27-11-16-3-2-8-26-16)9-14(10-18(19)24)13-4-6-15(22)7-5-13/h4-7,14,16,23H,2-3,8-11H2,1H3/t14-,16+/m1/s1. The van der Waals surface area contributed by atoms with E-state index in [0.717, 1.165) is 30.7 Å². The minimum absolute atomic E-state index is 0.0187. The summed E-state index contributed by atoms with van der Waals surface area (Å²) in [6, 6.07) is 7.59. The van der Waals surface area contributed by atoms with Crippen molar-refractivity contribution in [1.29, 1.82) is 0 Å². The third-order valence-electron chi connectivity index (χ3n) is 5.46. The number of nitrogens with one attached hydrogen (secondary N) is 1. The Labute approximate surface area is 163 Å². The lowest BCUT2D eigenvalue weighted by Crippen LogP contribution is -2.18. The molecule has 1 fully saturated rings. The molecular formula is C21H22ClNO4. The van der Waals surface area contributed by atoms with E-state index >= 15 is 0 Å². The molecule has 1 aliphatic carbocycles. The first kappa shape index (κ1) is 18.3. The number of ketones is 1. The van der Waals surface area contributed by atoms with Crippen LogP contribution in [0.15, 0.2) is 24.3 Å². The van der Waals surface area contributed by atoms with E-state index < -0.39 is 5.97 Å². The number of ether oxygens (including phenoxy) is 2. The lowest BCUT2D eigenvalue weighted by atomic mass is 9.81. The van der Waals surface area contributed by atoms with E-state index in [1.54, 1.807) is 6.92 Å². The van der Waals surface area contributed by atoms with Gasteiger partial charge in [0.15, 0.2) is 5.78 Å². The van der Waals surface area contributed by atoms with Crippen molar-refractivity contribution in [1.82, 2.24) is 4.98 Å². The summed E-state index contributed by atoms with van der Waals surface area (Å²) in [5.41, 5.74) is 3.59. The SMILES string of the molecule is Cc1c(C(=O)OC[C@@H]2CCCO2)[nH]c2c1C(=O)C[C@H](c1ccc(Cl)cc1)C2. The van der Waals surface area contributed by atoms with E-state index in [4.69, 9.17) is 21.1 Å². The van der Waals surface area contributed by atoms with Gasteiger partial charge in [0.1, 0.15) is 12.3 Å². The predicted octanol–water partition coefficient (Wildman–Crippen LogP) is 4.23. The van der Waals surface area contributed by atoms with Crippen LogP contribution >= 0.6 is 11.6 Å². The largest absolute Gasteiger partial charge is 0.458 e. The number of hydrogen-bond acceptors (Lipinski definition) is 4. The molecule has 2 aliphatic rings. The zero-order chi connectivity index (χ0) is 19.0. The Bertz CT molecular complexity index is 865. The summed E-state index contributed by atoms with van der Waals surface area (Å²) in [6.45, 7) is 2.78.